The van der Waals surface area contributed by atoms with Gasteiger partial charge < -0.3 is 43.4 Å². The zero-order chi connectivity index (χ0) is 33.7. The molecule has 5 aliphatic carbocycles. The minimum atomic E-state index is -1.58. The van der Waals surface area contributed by atoms with Crippen molar-refractivity contribution in [1.29, 1.82) is 0 Å². The number of benzene rings is 1. The van der Waals surface area contributed by atoms with Crippen molar-refractivity contribution in [2.24, 2.45) is 34.5 Å². The molecule has 1 aliphatic heterocycles. The molecule has 7 rings (SSSR count). The van der Waals surface area contributed by atoms with E-state index in [9.17, 15) is 19.8 Å². The fourth-order valence-corrected chi connectivity index (χ4v) is 12.4. The molecule has 0 amide bonds. The number of ether oxygens (including phenoxy) is 7. The second-order valence-electron chi connectivity index (χ2n) is 14.7. The number of hydrogen-bond acceptors (Lipinski definition) is 12. The number of aliphatic hydroxyl groups is 2. The van der Waals surface area contributed by atoms with Crippen LogP contribution in [0.4, 0.5) is 0 Å². The second kappa shape index (κ2) is 11.4. The number of carbonyl (C=O) groups excluding carboxylic acids is 2. The summed E-state index contributed by atoms with van der Waals surface area (Å²) in [6.07, 6.45) is -2.70. The van der Waals surface area contributed by atoms with Gasteiger partial charge in [-0.3, -0.25) is 9.69 Å². The number of methoxy groups -OCH3 is 5. The summed E-state index contributed by atoms with van der Waals surface area (Å²) in [5.41, 5.74) is -3.89. The quantitative estimate of drug-likeness (QED) is 0.353. The van der Waals surface area contributed by atoms with Crippen LogP contribution < -0.4 is 4.74 Å². The average molecular weight is 660 g/mol. The fraction of sp³-hybridized carbons (Fsp3) is 0.771. The van der Waals surface area contributed by atoms with Crippen molar-refractivity contribution >= 4 is 11.9 Å². The maximum absolute atomic E-state index is 13.9. The van der Waals surface area contributed by atoms with Crippen LogP contribution >= 0.6 is 0 Å². The minimum absolute atomic E-state index is 0.179. The maximum atomic E-state index is 13.9. The van der Waals surface area contributed by atoms with Crippen LogP contribution in [0.15, 0.2) is 24.3 Å². The van der Waals surface area contributed by atoms with Gasteiger partial charge in [-0.2, -0.15) is 0 Å². The third kappa shape index (κ3) is 4.00. The van der Waals surface area contributed by atoms with Gasteiger partial charge >= 0.3 is 11.9 Å². The Hall–Kier alpha value is -2.32. The van der Waals surface area contributed by atoms with Crippen molar-refractivity contribution in [2.45, 2.75) is 80.9 Å². The lowest BCUT2D eigenvalue weighted by molar-refractivity contribution is -0.300. The molecule has 14 atom stereocenters. The first kappa shape index (κ1) is 33.2. The zero-order valence-corrected chi connectivity index (χ0v) is 28.3. The fourth-order valence-electron chi connectivity index (χ4n) is 12.4. The molecule has 0 radical (unpaired) electrons. The number of hydrogen-bond donors (Lipinski definition) is 2. The van der Waals surface area contributed by atoms with E-state index < -0.39 is 76.3 Å². The second-order valence-corrected chi connectivity index (χ2v) is 14.7. The zero-order valence-electron chi connectivity index (χ0n) is 28.3. The van der Waals surface area contributed by atoms with E-state index in [1.54, 1.807) is 52.7 Å². The molecular formula is C35H49NO11. The van der Waals surface area contributed by atoms with Gasteiger partial charge in [-0.1, -0.05) is 6.92 Å². The van der Waals surface area contributed by atoms with Gasteiger partial charge in [0.25, 0.3) is 0 Å². The standard InChI is InChI=1S/C35H49NO11/c1-8-36-16-32(17-41-3)22(38)13-23(43-5)35-21-14-33(40)24(44-6)15-34(47-18(2)37,26(29(35)36)27(45-7)28(32)35)25(21)30(33)46-31(39)19-9-11-20(42-4)12-10-19/h9-12,21-30,38,40H,8,13-17H2,1-7H3/t21-,22-,23+,24-,25-,26+,27-,28+,29-,30-,32-,33-,34+,35+/m1/s1. The number of nitrogens with zero attached hydrogens (tertiary/aromatic N) is 1. The maximum Gasteiger partial charge on any atom is 0.338 e. The molecular weight excluding hydrogens is 610 g/mol. The van der Waals surface area contributed by atoms with Crippen LogP contribution in [0, 0.1) is 34.5 Å². The summed E-state index contributed by atoms with van der Waals surface area (Å²) in [6.45, 7) is 5.04. The summed E-state index contributed by atoms with van der Waals surface area (Å²) in [5.74, 6) is -2.10. The van der Waals surface area contributed by atoms with Crippen LogP contribution in [0.1, 0.15) is 43.5 Å². The summed E-state index contributed by atoms with van der Waals surface area (Å²) in [7, 11) is 8.11. The van der Waals surface area contributed by atoms with E-state index in [1.165, 1.54) is 14.0 Å². The van der Waals surface area contributed by atoms with Gasteiger partial charge in [-0.25, -0.2) is 4.79 Å². The summed E-state index contributed by atoms with van der Waals surface area (Å²) in [4.78, 5) is 29.5. The Kier molecular flexibility index (Phi) is 8.02. The Morgan fingerprint density at radius 3 is 2.26 bits per heavy atom. The highest BCUT2D eigenvalue weighted by atomic mass is 16.6. The van der Waals surface area contributed by atoms with Crippen molar-refractivity contribution in [3.8, 4) is 5.75 Å². The lowest BCUT2D eigenvalue weighted by Gasteiger charge is -2.70. The Balaban J connectivity index is 1.47. The molecule has 1 aromatic rings. The van der Waals surface area contributed by atoms with E-state index in [2.05, 4.69) is 11.8 Å². The van der Waals surface area contributed by atoms with Gasteiger partial charge in [0.05, 0.1) is 43.7 Å². The van der Waals surface area contributed by atoms with Gasteiger partial charge in [0.2, 0.25) is 0 Å². The third-order valence-electron chi connectivity index (χ3n) is 13.4. The molecule has 1 heterocycles. The SMILES string of the molecule is CCN1C[C@@]2(COC)[C@H](O)C[C@H](OC)[C@@]34[C@@H]5C[C@]6(O)[C@H](OC(=O)c7ccc(OC)cc7)[C@@H]5[C@@](OC(C)=O)(C[C@H]6OC)[C@@H]([C@@H](OC)[C@@H]23)[C@@H]14. The number of piperidine rings is 1. The van der Waals surface area contributed by atoms with Gasteiger partial charge in [-0.05, 0) is 43.1 Å². The minimum Gasteiger partial charge on any atom is -0.497 e. The molecule has 12 nitrogen and oxygen atoms in total. The van der Waals surface area contributed by atoms with Crippen LogP contribution in [-0.4, -0.2) is 130 Å². The van der Waals surface area contributed by atoms with Crippen molar-refractivity contribution in [1.82, 2.24) is 4.90 Å². The van der Waals surface area contributed by atoms with Crippen LogP contribution in [0.5, 0.6) is 5.75 Å². The lowest BCUT2D eigenvalue weighted by Crippen LogP contribution is -2.79. The van der Waals surface area contributed by atoms with E-state index >= 15 is 0 Å². The average Bonchev–Trinajstić information content (AvgIpc) is 3.43. The number of fused-ring (bicyclic) bond motifs is 2. The van der Waals surface area contributed by atoms with Gasteiger partial charge in [0.1, 0.15) is 23.1 Å². The monoisotopic (exact) mass is 659 g/mol. The molecule has 260 valence electrons. The smallest absolute Gasteiger partial charge is 0.338 e. The van der Waals surface area contributed by atoms with Crippen LogP contribution in [0.3, 0.4) is 0 Å². The molecule has 2 N–H and O–H groups in total. The molecule has 5 saturated carbocycles. The molecule has 1 saturated heterocycles. The third-order valence-corrected chi connectivity index (χ3v) is 13.4. The van der Waals surface area contributed by atoms with Crippen LogP contribution in [0.25, 0.3) is 0 Å². The largest absolute Gasteiger partial charge is 0.497 e. The predicted octanol–water partition coefficient (Wildman–Crippen LogP) is 1.69. The molecule has 6 aliphatic rings. The molecule has 1 aromatic carbocycles. The van der Waals surface area contributed by atoms with E-state index in [0.29, 0.717) is 37.4 Å². The van der Waals surface area contributed by atoms with Crippen LogP contribution in [-0.2, 0) is 33.2 Å². The number of aliphatic hydroxyl groups excluding tert-OH is 1. The first-order valence-electron chi connectivity index (χ1n) is 16.7. The lowest BCUT2D eigenvalue weighted by atomic mass is 9.42. The highest BCUT2D eigenvalue weighted by Gasteiger charge is 2.90. The summed E-state index contributed by atoms with van der Waals surface area (Å²) in [6, 6.07) is 6.44. The normalized spacial score (nSPS) is 47.4. The molecule has 7 bridgehead atoms. The summed E-state index contributed by atoms with van der Waals surface area (Å²) < 4.78 is 43.2. The van der Waals surface area contributed by atoms with Gasteiger partial charge in [0, 0.05) is 89.4 Å². The number of likely N-dealkylation sites (tertiary alicyclic amines) is 1. The van der Waals surface area contributed by atoms with Gasteiger partial charge in [-0.15, -0.1) is 0 Å². The Bertz CT molecular complexity index is 1390. The van der Waals surface area contributed by atoms with Crippen molar-refractivity contribution in [2.75, 3.05) is 55.2 Å². The topological polar surface area (TPSA) is 142 Å². The molecule has 0 aromatic heterocycles. The number of esters is 2. The Morgan fingerprint density at radius 1 is 0.979 bits per heavy atom. The molecule has 12 heteroatoms. The molecule has 0 unspecified atom stereocenters. The molecule has 6 fully saturated rings. The first-order valence-corrected chi connectivity index (χ1v) is 16.7. The van der Waals surface area contributed by atoms with E-state index in [4.69, 9.17) is 33.2 Å². The highest BCUT2D eigenvalue weighted by molar-refractivity contribution is 5.89. The number of carbonyl (C=O) groups is 2. The van der Waals surface area contributed by atoms with Crippen molar-refractivity contribution < 1.29 is 53.0 Å². The van der Waals surface area contributed by atoms with E-state index in [1.807, 2.05) is 0 Å². The molecule has 47 heavy (non-hydrogen) atoms. The first-order chi connectivity index (χ1) is 22.5. The molecule has 1 spiro atoms. The van der Waals surface area contributed by atoms with E-state index in [0.717, 1.165) is 0 Å². The van der Waals surface area contributed by atoms with E-state index in [-0.39, 0.29) is 30.7 Å². The van der Waals surface area contributed by atoms with Crippen molar-refractivity contribution in [3.05, 3.63) is 29.8 Å². The predicted molar refractivity (Wildman–Crippen MR) is 166 cm³/mol. The summed E-state index contributed by atoms with van der Waals surface area (Å²) in [5, 5.41) is 24.8. The Morgan fingerprint density at radius 2 is 1.68 bits per heavy atom. The van der Waals surface area contributed by atoms with Gasteiger partial charge in [0.15, 0.2) is 0 Å². The highest BCUT2D eigenvalue weighted by Crippen LogP contribution is 2.80. The number of rotatable bonds is 10. The van der Waals surface area contributed by atoms with Crippen LogP contribution in [0.2, 0.25) is 0 Å². The van der Waals surface area contributed by atoms with Crippen molar-refractivity contribution in [3.63, 3.8) is 0 Å². The summed E-state index contributed by atoms with van der Waals surface area (Å²) >= 11 is 0. The Labute approximate surface area is 275 Å².